The van der Waals surface area contributed by atoms with Crippen LogP contribution in [0.25, 0.3) is 11.3 Å². The number of nitrogens with zero attached hydrogens (tertiary/aromatic N) is 3. The minimum Gasteiger partial charge on any atom is -0.478 e. The maximum atomic E-state index is 12.4. The topological polar surface area (TPSA) is 92.6 Å². The van der Waals surface area contributed by atoms with Crippen LogP contribution in [0.4, 0.5) is 4.79 Å². The van der Waals surface area contributed by atoms with Gasteiger partial charge in [-0.2, -0.15) is 0 Å². The van der Waals surface area contributed by atoms with Crippen LogP contribution in [-0.4, -0.2) is 44.2 Å². The lowest BCUT2D eigenvalue weighted by atomic mass is 10.1. The van der Waals surface area contributed by atoms with Gasteiger partial charge in [-0.1, -0.05) is 12.1 Å². The van der Waals surface area contributed by atoms with E-state index in [-0.39, 0.29) is 17.7 Å². The Morgan fingerprint density at radius 3 is 2.63 bits per heavy atom. The number of carboxylic acid groups (broad SMARTS) is 1. The molecule has 142 valence electrons. The minimum atomic E-state index is -0.986. The fourth-order valence-electron chi connectivity index (χ4n) is 3.08. The number of aromatic nitrogens is 2. The molecule has 1 aromatic carbocycles. The van der Waals surface area contributed by atoms with E-state index in [9.17, 15) is 9.59 Å². The number of carbonyl (C=O) groups is 2. The number of aromatic carboxylic acids is 1. The first-order valence-electron chi connectivity index (χ1n) is 8.90. The van der Waals surface area contributed by atoms with Gasteiger partial charge in [0.25, 0.3) is 0 Å². The number of rotatable bonds is 3. The predicted molar refractivity (Wildman–Crippen MR) is 99.3 cm³/mol. The molecular formula is C20H23N3O4. The third kappa shape index (κ3) is 4.42. The number of hydrogen-bond donors (Lipinski definition) is 1. The van der Waals surface area contributed by atoms with Crippen LogP contribution in [0.5, 0.6) is 0 Å². The van der Waals surface area contributed by atoms with Gasteiger partial charge in [-0.25, -0.2) is 9.59 Å². The molecule has 0 saturated carbocycles. The SMILES string of the molecule is CC(C)(C)OC(=O)N1CCCC1c1cnc(-c2cccc(C(=O)O)c2)cn1. The summed E-state index contributed by atoms with van der Waals surface area (Å²) >= 11 is 0. The molecule has 0 radical (unpaired) electrons. The number of ether oxygens (including phenoxy) is 1. The third-order valence-electron chi connectivity index (χ3n) is 4.30. The lowest BCUT2D eigenvalue weighted by Gasteiger charge is -2.28. The van der Waals surface area contributed by atoms with E-state index < -0.39 is 11.6 Å². The van der Waals surface area contributed by atoms with Crippen molar-refractivity contribution in [3.05, 3.63) is 47.9 Å². The average Bonchev–Trinajstić information content (AvgIpc) is 3.10. The van der Waals surface area contributed by atoms with Gasteiger partial charge in [0, 0.05) is 12.1 Å². The number of likely N-dealkylation sites (tertiary alicyclic amines) is 1. The van der Waals surface area contributed by atoms with Gasteiger partial charge in [-0.3, -0.25) is 14.9 Å². The minimum absolute atomic E-state index is 0.160. The number of benzene rings is 1. The maximum absolute atomic E-state index is 12.4. The Bertz CT molecular complexity index is 843. The highest BCUT2D eigenvalue weighted by Crippen LogP contribution is 2.32. The zero-order valence-electron chi connectivity index (χ0n) is 15.7. The predicted octanol–water partition coefficient (Wildman–Crippen LogP) is 3.91. The van der Waals surface area contributed by atoms with Gasteiger partial charge in [0.2, 0.25) is 0 Å². The van der Waals surface area contributed by atoms with E-state index in [0.29, 0.717) is 23.5 Å². The molecule has 1 aliphatic rings. The molecule has 1 amide bonds. The third-order valence-corrected chi connectivity index (χ3v) is 4.30. The van der Waals surface area contributed by atoms with Crippen LogP contribution < -0.4 is 0 Å². The van der Waals surface area contributed by atoms with E-state index in [1.54, 1.807) is 35.5 Å². The number of amides is 1. The molecule has 7 nitrogen and oxygen atoms in total. The Morgan fingerprint density at radius 2 is 2.00 bits per heavy atom. The van der Waals surface area contributed by atoms with Crippen molar-refractivity contribution in [1.29, 1.82) is 0 Å². The molecule has 1 atom stereocenters. The molecule has 3 rings (SSSR count). The van der Waals surface area contributed by atoms with Crippen LogP contribution in [0.2, 0.25) is 0 Å². The van der Waals surface area contributed by atoms with E-state index in [4.69, 9.17) is 9.84 Å². The van der Waals surface area contributed by atoms with Crippen LogP contribution in [0.15, 0.2) is 36.7 Å². The molecule has 2 aromatic rings. The molecule has 0 aliphatic carbocycles. The van der Waals surface area contributed by atoms with Crippen LogP contribution in [0.1, 0.15) is 55.7 Å². The molecule has 27 heavy (non-hydrogen) atoms. The summed E-state index contributed by atoms with van der Waals surface area (Å²) in [6, 6.07) is 6.40. The van der Waals surface area contributed by atoms with E-state index in [2.05, 4.69) is 9.97 Å². The maximum Gasteiger partial charge on any atom is 0.410 e. The van der Waals surface area contributed by atoms with Crippen molar-refractivity contribution in [2.24, 2.45) is 0 Å². The first-order valence-corrected chi connectivity index (χ1v) is 8.90. The summed E-state index contributed by atoms with van der Waals surface area (Å²) in [7, 11) is 0. The Kier molecular flexibility index (Phi) is 5.12. The first kappa shape index (κ1) is 18.8. The second kappa shape index (κ2) is 7.34. The van der Waals surface area contributed by atoms with Crippen LogP contribution >= 0.6 is 0 Å². The normalized spacial score (nSPS) is 17.0. The summed E-state index contributed by atoms with van der Waals surface area (Å²) in [5.41, 5.74) is 1.63. The Labute approximate surface area is 158 Å². The summed E-state index contributed by atoms with van der Waals surface area (Å²) < 4.78 is 5.49. The summed E-state index contributed by atoms with van der Waals surface area (Å²) in [5.74, 6) is -0.986. The molecule has 1 unspecified atom stereocenters. The Morgan fingerprint density at radius 1 is 1.22 bits per heavy atom. The highest BCUT2D eigenvalue weighted by molar-refractivity contribution is 5.89. The lowest BCUT2D eigenvalue weighted by molar-refractivity contribution is 0.0221. The number of carboxylic acids is 1. The summed E-state index contributed by atoms with van der Waals surface area (Å²) in [4.78, 5) is 34.2. The lowest BCUT2D eigenvalue weighted by Crippen LogP contribution is -2.36. The van der Waals surface area contributed by atoms with Gasteiger partial charge in [-0.05, 0) is 45.7 Å². The van der Waals surface area contributed by atoms with Gasteiger partial charge >= 0.3 is 12.1 Å². The van der Waals surface area contributed by atoms with Crippen molar-refractivity contribution in [1.82, 2.24) is 14.9 Å². The van der Waals surface area contributed by atoms with Crippen molar-refractivity contribution >= 4 is 12.1 Å². The molecule has 1 fully saturated rings. The summed E-state index contributed by atoms with van der Waals surface area (Å²) in [6.45, 7) is 6.16. The summed E-state index contributed by atoms with van der Waals surface area (Å²) in [6.07, 6.45) is 4.61. The number of hydrogen-bond acceptors (Lipinski definition) is 5. The van der Waals surface area contributed by atoms with Crippen molar-refractivity contribution < 1.29 is 19.4 Å². The fourth-order valence-corrected chi connectivity index (χ4v) is 3.08. The second-order valence-corrected chi connectivity index (χ2v) is 7.54. The largest absolute Gasteiger partial charge is 0.478 e. The fraction of sp³-hybridized carbons (Fsp3) is 0.400. The molecule has 1 aromatic heterocycles. The summed E-state index contributed by atoms with van der Waals surface area (Å²) in [5, 5.41) is 9.12. The molecule has 1 aliphatic heterocycles. The van der Waals surface area contributed by atoms with E-state index in [1.165, 1.54) is 6.07 Å². The van der Waals surface area contributed by atoms with Crippen molar-refractivity contribution in [3.63, 3.8) is 0 Å². The van der Waals surface area contributed by atoms with E-state index in [0.717, 1.165) is 12.8 Å². The molecule has 0 spiro atoms. The van der Waals surface area contributed by atoms with Gasteiger partial charge in [0.1, 0.15) is 5.60 Å². The molecular weight excluding hydrogens is 346 g/mol. The van der Waals surface area contributed by atoms with Gasteiger partial charge in [0.15, 0.2) is 0 Å². The van der Waals surface area contributed by atoms with Gasteiger partial charge in [0.05, 0.1) is 35.4 Å². The van der Waals surface area contributed by atoms with Crippen LogP contribution in [-0.2, 0) is 4.74 Å². The molecule has 2 heterocycles. The molecule has 0 bridgehead atoms. The quantitative estimate of drug-likeness (QED) is 0.882. The van der Waals surface area contributed by atoms with Crippen molar-refractivity contribution in [2.45, 2.75) is 45.3 Å². The van der Waals surface area contributed by atoms with Gasteiger partial charge < -0.3 is 9.84 Å². The van der Waals surface area contributed by atoms with Crippen molar-refractivity contribution in [3.8, 4) is 11.3 Å². The number of carbonyl (C=O) groups excluding carboxylic acids is 1. The van der Waals surface area contributed by atoms with E-state index >= 15 is 0 Å². The van der Waals surface area contributed by atoms with Gasteiger partial charge in [-0.15, -0.1) is 0 Å². The van der Waals surface area contributed by atoms with Crippen LogP contribution in [0, 0.1) is 0 Å². The average molecular weight is 369 g/mol. The molecule has 1 saturated heterocycles. The second-order valence-electron chi connectivity index (χ2n) is 7.54. The van der Waals surface area contributed by atoms with Crippen LogP contribution in [0.3, 0.4) is 0 Å². The molecule has 7 heteroatoms. The van der Waals surface area contributed by atoms with Crippen molar-refractivity contribution in [2.75, 3.05) is 6.54 Å². The molecule has 1 N–H and O–H groups in total. The Hall–Kier alpha value is -2.96. The first-order chi connectivity index (χ1) is 12.7. The van der Waals surface area contributed by atoms with E-state index in [1.807, 2.05) is 20.8 Å². The zero-order valence-corrected chi connectivity index (χ0v) is 15.7. The Balaban J connectivity index is 1.79. The standard InChI is InChI=1S/C20H23N3O4/c1-20(2,3)27-19(26)23-9-5-8-17(23)16-12-21-15(11-22-16)13-6-4-7-14(10-13)18(24)25/h4,6-7,10-12,17H,5,8-9H2,1-3H3,(H,24,25). The smallest absolute Gasteiger partial charge is 0.410 e. The zero-order chi connectivity index (χ0) is 19.6. The monoisotopic (exact) mass is 369 g/mol. The highest BCUT2D eigenvalue weighted by atomic mass is 16.6. The highest BCUT2D eigenvalue weighted by Gasteiger charge is 2.34.